The van der Waals surface area contributed by atoms with E-state index in [2.05, 4.69) is 55.2 Å². The lowest BCUT2D eigenvalue weighted by Crippen LogP contribution is -2.37. The molecule has 0 bridgehead atoms. The summed E-state index contributed by atoms with van der Waals surface area (Å²) in [6, 6.07) is 9.33. The van der Waals surface area contributed by atoms with E-state index in [4.69, 9.17) is 14.2 Å². The molecule has 2 aliphatic rings. The first-order valence-electron chi connectivity index (χ1n) is 9.78. The van der Waals surface area contributed by atoms with E-state index < -0.39 is 0 Å². The predicted octanol–water partition coefficient (Wildman–Crippen LogP) is 3.67. The highest BCUT2D eigenvalue weighted by molar-refractivity contribution is 5.35. The molecule has 2 atom stereocenters. The van der Waals surface area contributed by atoms with Crippen LogP contribution in [0.2, 0.25) is 0 Å². The minimum atomic E-state index is -0.190. The number of piperidine rings is 1. The number of ether oxygens (including phenoxy) is 1. The molecule has 0 aliphatic carbocycles. The monoisotopic (exact) mass is 355 g/mol. The highest BCUT2D eigenvalue weighted by Gasteiger charge is 2.41. The number of hydrogen-bond acceptors (Lipinski definition) is 5. The maximum Gasteiger partial charge on any atom is 0.229 e. The molecule has 1 aromatic heterocycles. The molecule has 0 amide bonds. The first kappa shape index (κ1) is 17.7. The van der Waals surface area contributed by atoms with Gasteiger partial charge >= 0.3 is 0 Å². The van der Waals surface area contributed by atoms with Gasteiger partial charge in [0.25, 0.3) is 0 Å². The van der Waals surface area contributed by atoms with Crippen LogP contribution in [0, 0.1) is 6.92 Å². The van der Waals surface area contributed by atoms with Gasteiger partial charge in [0.05, 0.1) is 5.41 Å². The van der Waals surface area contributed by atoms with Crippen molar-refractivity contribution in [3.05, 3.63) is 47.1 Å². The zero-order chi connectivity index (χ0) is 18.1. The summed E-state index contributed by atoms with van der Waals surface area (Å²) in [7, 11) is 2.19. The fraction of sp³-hybridized carbons (Fsp3) is 0.619. The van der Waals surface area contributed by atoms with Crippen LogP contribution in [-0.4, -0.2) is 47.9 Å². The van der Waals surface area contributed by atoms with Gasteiger partial charge in [0.15, 0.2) is 5.82 Å². The van der Waals surface area contributed by atoms with Crippen molar-refractivity contribution in [2.75, 3.05) is 26.8 Å². The molecule has 5 heteroatoms. The first-order valence-corrected chi connectivity index (χ1v) is 9.78. The van der Waals surface area contributed by atoms with Crippen LogP contribution in [0.5, 0.6) is 0 Å². The molecule has 2 aliphatic heterocycles. The molecule has 0 saturated carbocycles. The average molecular weight is 355 g/mol. The third-order valence-electron chi connectivity index (χ3n) is 6.38. The number of benzene rings is 1. The van der Waals surface area contributed by atoms with Crippen molar-refractivity contribution in [2.45, 2.75) is 56.9 Å². The molecule has 3 heterocycles. The Bertz CT molecular complexity index is 734. The normalized spacial score (nSPS) is 26.7. The SMILES string of the molecule is Cc1ccc(C2(c3noc([C@H]4CCN(C)[C@@H](C)C4)n3)CCOCC2)cc1. The molecule has 2 aromatic rings. The molecule has 4 rings (SSSR count). The van der Waals surface area contributed by atoms with Gasteiger partial charge in [-0.3, -0.25) is 0 Å². The van der Waals surface area contributed by atoms with Crippen molar-refractivity contribution in [2.24, 2.45) is 0 Å². The van der Waals surface area contributed by atoms with Crippen LogP contribution >= 0.6 is 0 Å². The highest BCUT2D eigenvalue weighted by atomic mass is 16.5. The van der Waals surface area contributed by atoms with Crippen LogP contribution in [0.4, 0.5) is 0 Å². The molecular formula is C21H29N3O2. The molecule has 2 fully saturated rings. The minimum Gasteiger partial charge on any atom is -0.381 e. The quantitative estimate of drug-likeness (QED) is 0.841. The molecule has 0 radical (unpaired) electrons. The Morgan fingerprint density at radius 2 is 1.88 bits per heavy atom. The Labute approximate surface area is 155 Å². The summed E-state index contributed by atoms with van der Waals surface area (Å²) in [4.78, 5) is 7.34. The first-order chi connectivity index (χ1) is 12.6. The lowest BCUT2D eigenvalue weighted by molar-refractivity contribution is 0.0597. The fourth-order valence-corrected chi connectivity index (χ4v) is 4.34. The van der Waals surface area contributed by atoms with E-state index in [9.17, 15) is 0 Å². The topological polar surface area (TPSA) is 51.4 Å². The van der Waals surface area contributed by atoms with Gasteiger partial charge in [-0.25, -0.2) is 0 Å². The summed E-state index contributed by atoms with van der Waals surface area (Å²) in [5.74, 6) is 2.03. The molecule has 140 valence electrons. The maximum absolute atomic E-state index is 5.79. The summed E-state index contributed by atoms with van der Waals surface area (Å²) >= 11 is 0. The van der Waals surface area contributed by atoms with Gasteiger partial charge in [0.2, 0.25) is 5.89 Å². The Kier molecular flexibility index (Phi) is 4.84. The molecular weight excluding hydrogens is 326 g/mol. The van der Waals surface area contributed by atoms with E-state index in [1.165, 1.54) is 11.1 Å². The van der Waals surface area contributed by atoms with E-state index >= 15 is 0 Å². The summed E-state index contributed by atoms with van der Waals surface area (Å²) in [5.41, 5.74) is 2.35. The second kappa shape index (κ2) is 7.12. The van der Waals surface area contributed by atoms with Crippen molar-refractivity contribution in [3.63, 3.8) is 0 Å². The van der Waals surface area contributed by atoms with Crippen LogP contribution in [0.15, 0.2) is 28.8 Å². The second-order valence-corrected chi connectivity index (χ2v) is 8.07. The van der Waals surface area contributed by atoms with Crippen LogP contribution in [0.3, 0.4) is 0 Å². The zero-order valence-electron chi connectivity index (χ0n) is 16.1. The molecule has 0 spiro atoms. The second-order valence-electron chi connectivity index (χ2n) is 8.07. The van der Waals surface area contributed by atoms with E-state index in [-0.39, 0.29) is 5.41 Å². The molecule has 0 N–H and O–H groups in total. The molecule has 26 heavy (non-hydrogen) atoms. The fourth-order valence-electron chi connectivity index (χ4n) is 4.34. The van der Waals surface area contributed by atoms with E-state index in [0.29, 0.717) is 12.0 Å². The number of aryl methyl sites for hydroxylation is 1. The number of likely N-dealkylation sites (tertiary alicyclic amines) is 1. The Hall–Kier alpha value is -1.72. The smallest absolute Gasteiger partial charge is 0.229 e. The standard InChI is InChI=1S/C21H29N3O2/c1-15-4-6-18(7-5-15)21(9-12-25-13-10-21)20-22-19(26-23-20)17-8-11-24(3)16(2)14-17/h4-7,16-17H,8-14H2,1-3H3/t16-,17-/m0/s1. The van der Waals surface area contributed by atoms with Crippen molar-refractivity contribution in [3.8, 4) is 0 Å². The summed E-state index contributed by atoms with van der Waals surface area (Å²) < 4.78 is 11.4. The van der Waals surface area contributed by atoms with Gasteiger partial charge in [-0.2, -0.15) is 4.98 Å². The maximum atomic E-state index is 5.79. The number of nitrogens with zero attached hydrogens (tertiary/aromatic N) is 3. The average Bonchev–Trinajstić information content (AvgIpc) is 3.16. The molecule has 5 nitrogen and oxygen atoms in total. The largest absolute Gasteiger partial charge is 0.381 e. The number of hydrogen-bond donors (Lipinski definition) is 0. The van der Waals surface area contributed by atoms with E-state index in [1.807, 2.05) is 0 Å². The van der Waals surface area contributed by atoms with Gasteiger partial charge < -0.3 is 14.2 Å². The van der Waals surface area contributed by atoms with Gasteiger partial charge in [-0.1, -0.05) is 35.0 Å². The zero-order valence-corrected chi connectivity index (χ0v) is 16.1. The summed E-state index contributed by atoms with van der Waals surface area (Å²) in [5, 5.41) is 4.47. The van der Waals surface area contributed by atoms with Crippen molar-refractivity contribution in [1.29, 1.82) is 0 Å². The molecule has 0 unspecified atom stereocenters. The van der Waals surface area contributed by atoms with Crippen molar-refractivity contribution in [1.82, 2.24) is 15.0 Å². The third-order valence-corrected chi connectivity index (χ3v) is 6.38. The number of aromatic nitrogens is 2. The predicted molar refractivity (Wildman–Crippen MR) is 100 cm³/mol. The molecule has 2 saturated heterocycles. The minimum absolute atomic E-state index is 0.190. The number of rotatable bonds is 3. The van der Waals surface area contributed by atoms with Gasteiger partial charge in [-0.15, -0.1) is 0 Å². The van der Waals surface area contributed by atoms with Gasteiger partial charge in [0, 0.05) is 25.2 Å². The van der Waals surface area contributed by atoms with Crippen molar-refractivity contribution < 1.29 is 9.26 Å². The van der Waals surface area contributed by atoms with E-state index in [1.54, 1.807) is 0 Å². The van der Waals surface area contributed by atoms with Crippen LogP contribution < -0.4 is 0 Å². The van der Waals surface area contributed by atoms with E-state index in [0.717, 1.165) is 57.2 Å². The van der Waals surface area contributed by atoms with Crippen LogP contribution in [0.25, 0.3) is 0 Å². The third kappa shape index (κ3) is 3.19. The Balaban J connectivity index is 1.65. The Morgan fingerprint density at radius 1 is 1.15 bits per heavy atom. The Morgan fingerprint density at radius 3 is 2.58 bits per heavy atom. The van der Waals surface area contributed by atoms with Gasteiger partial charge in [-0.05, 0) is 58.7 Å². The summed E-state index contributed by atoms with van der Waals surface area (Å²) in [6.07, 6.45) is 3.97. The highest BCUT2D eigenvalue weighted by Crippen LogP contribution is 2.41. The lowest BCUT2D eigenvalue weighted by Gasteiger charge is -2.35. The van der Waals surface area contributed by atoms with Crippen LogP contribution in [-0.2, 0) is 10.2 Å². The van der Waals surface area contributed by atoms with Gasteiger partial charge in [0.1, 0.15) is 0 Å². The summed E-state index contributed by atoms with van der Waals surface area (Å²) in [6.45, 7) is 6.95. The lowest BCUT2D eigenvalue weighted by atomic mass is 9.73. The van der Waals surface area contributed by atoms with Crippen molar-refractivity contribution >= 4 is 0 Å². The van der Waals surface area contributed by atoms with Crippen LogP contribution in [0.1, 0.15) is 61.4 Å². The molecule has 1 aromatic carbocycles.